The number of rotatable bonds is 7. The van der Waals surface area contributed by atoms with Crippen molar-refractivity contribution in [2.75, 3.05) is 18.9 Å². The normalized spacial score (nSPS) is 15.2. The van der Waals surface area contributed by atoms with Gasteiger partial charge in [-0.15, -0.1) is 11.8 Å². The molecule has 0 saturated heterocycles. The average Bonchev–Trinajstić information content (AvgIpc) is 2.59. The second-order valence-corrected chi connectivity index (χ2v) is 7.68. The number of nitrogens with one attached hydrogen (secondary N) is 1. The Morgan fingerprint density at radius 3 is 2.57 bits per heavy atom. The molecule has 0 aliphatic heterocycles. The van der Waals surface area contributed by atoms with Crippen LogP contribution in [-0.4, -0.2) is 30.8 Å². The smallest absolute Gasteiger partial charge is 0.309 e. The molecule has 0 heterocycles. The van der Waals surface area contributed by atoms with E-state index in [1.807, 2.05) is 24.3 Å². The summed E-state index contributed by atoms with van der Waals surface area (Å²) in [6.45, 7) is 0.388. The minimum Gasteiger partial charge on any atom is -0.455 e. The van der Waals surface area contributed by atoms with Crippen LogP contribution >= 0.6 is 27.7 Å². The molecule has 4 nitrogen and oxygen atoms in total. The molecule has 6 heteroatoms. The fourth-order valence-corrected chi connectivity index (χ4v) is 3.57. The molecule has 1 aromatic rings. The molecule has 0 bridgehead atoms. The van der Waals surface area contributed by atoms with Gasteiger partial charge in [0, 0.05) is 21.7 Å². The molecule has 0 unspecified atom stereocenters. The third-order valence-electron chi connectivity index (χ3n) is 3.79. The van der Waals surface area contributed by atoms with Gasteiger partial charge in [-0.3, -0.25) is 9.59 Å². The second-order valence-electron chi connectivity index (χ2n) is 5.59. The van der Waals surface area contributed by atoms with Crippen molar-refractivity contribution in [2.45, 2.75) is 37.0 Å². The zero-order valence-corrected chi connectivity index (χ0v) is 15.5. The lowest BCUT2D eigenvalue weighted by Gasteiger charge is -2.19. The number of thioether (sulfide) groups is 1. The predicted octanol–water partition coefficient (Wildman–Crippen LogP) is 3.78. The highest BCUT2D eigenvalue weighted by Gasteiger charge is 2.22. The molecule has 1 saturated carbocycles. The van der Waals surface area contributed by atoms with E-state index in [9.17, 15) is 9.59 Å². The number of hydrogen-bond donors (Lipinski definition) is 1. The van der Waals surface area contributed by atoms with Gasteiger partial charge in [0.1, 0.15) is 0 Å². The van der Waals surface area contributed by atoms with Crippen LogP contribution in [0.15, 0.2) is 33.6 Å². The van der Waals surface area contributed by atoms with Crippen LogP contribution in [0.5, 0.6) is 0 Å². The van der Waals surface area contributed by atoms with Crippen molar-refractivity contribution in [2.24, 2.45) is 5.92 Å². The van der Waals surface area contributed by atoms with Gasteiger partial charge >= 0.3 is 5.97 Å². The maximum Gasteiger partial charge on any atom is 0.309 e. The Bertz CT molecular complexity index is 515. The Labute approximate surface area is 149 Å². The first-order chi connectivity index (χ1) is 11.1. The van der Waals surface area contributed by atoms with Crippen LogP contribution in [-0.2, 0) is 14.3 Å². The summed E-state index contributed by atoms with van der Waals surface area (Å²) >= 11 is 5.07. The molecule has 2 rings (SSSR count). The number of esters is 1. The van der Waals surface area contributed by atoms with Crippen molar-refractivity contribution in [3.8, 4) is 0 Å². The van der Waals surface area contributed by atoms with Gasteiger partial charge in [-0.25, -0.2) is 0 Å². The fraction of sp³-hybridized carbons (Fsp3) is 0.529. The van der Waals surface area contributed by atoms with E-state index in [1.54, 1.807) is 11.8 Å². The first-order valence-corrected chi connectivity index (χ1v) is 9.75. The summed E-state index contributed by atoms with van der Waals surface area (Å²) in [5.74, 6) is 0.323. The monoisotopic (exact) mass is 399 g/mol. The number of benzene rings is 1. The fourth-order valence-electron chi connectivity index (χ4n) is 2.53. The highest BCUT2D eigenvalue weighted by molar-refractivity contribution is 9.10. The van der Waals surface area contributed by atoms with Crippen molar-refractivity contribution in [1.82, 2.24) is 5.32 Å². The maximum atomic E-state index is 11.8. The summed E-state index contributed by atoms with van der Waals surface area (Å²) in [7, 11) is 0. The molecule has 1 aromatic carbocycles. The second kappa shape index (κ2) is 9.98. The van der Waals surface area contributed by atoms with Crippen LogP contribution < -0.4 is 5.32 Å². The molecule has 23 heavy (non-hydrogen) atoms. The third kappa shape index (κ3) is 6.96. The number of carbonyl (C=O) groups is 2. The van der Waals surface area contributed by atoms with E-state index in [2.05, 4.69) is 21.2 Å². The molecule has 1 amide bonds. The van der Waals surface area contributed by atoms with E-state index < -0.39 is 0 Å². The Hall–Kier alpha value is -1.01. The maximum absolute atomic E-state index is 11.8. The summed E-state index contributed by atoms with van der Waals surface area (Å²) < 4.78 is 6.16. The molecular formula is C17H22BrNO3S. The minimum absolute atomic E-state index is 0.00971. The zero-order valence-electron chi connectivity index (χ0n) is 13.1. The van der Waals surface area contributed by atoms with Gasteiger partial charge in [0.25, 0.3) is 5.91 Å². The highest BCUT2D eigenvalue weighted by Crippen LogP contribution is 2.24. The molecule has 1 fully saturated rings. The summed E-state index contributed by atoms with van der Waals surface area (Å²) in [4.78, 5) is 24.7. The molecule has 1 aliphatic carbocycles. The predicted molar refractivity (Wildman–Crippen MR) is 95.4 cm³/mol. The van der Waals surface area contributed by atoms with Crippen LogP contribution in [0.25, 0.3) is 0 Å². The molecular weight excluding hydrogens is 378 g/mol. The lowest BCUT2D eigenvalue weighted by atomic mass is 9.89. The van der Waals surface area contributed by atoms with Crippen molar-refractivity contribution in [3.05, 3.63) is 28.7 Å². The number of ether oxygens (including phenoxy) is 1. The molecule has 0 atom stereocenters. The Balaban J connectivity index is 1.56. The van der Waals surface area contributed by atoms with E-state index in [4.69, 9.17) is 4.74 Å². The summed E-state index contributed by atoms with van der Waals surface area (Å²) in [6, 6.07) is 8.04. The summed E-state index contributed by atoms with van der Waals surface area (Å²) in [5, 5.41) is 2.78. The van der Waals surface area contributed by atoms with Gasteiger partial charge in [0.2, 0.25) is 0 Å². The minimum atomic E-state index is -0.231. The molecule has 0 radical (unpaired) electrons. The SMILES string of the molecule is O=C(COC(=O)C1CCCCC1)NCCSc1ccc(Br)cc1. The molecule has 126 valence electrons. The van der Waals surface area contributed by atoms with Crippen molar-refractivity contribution in [3.63, 3.8) is 0 Å². The van der Waals surface area contributed by atoms with Gasteiger partial charge in [-0.2, -0.15) is 0 Å². The van der Waals surface area contributed by atoms with Crippen molar-refractivity contribution in [1.29, 1.82) is 0 Å². The lowest BCUT2D eigenvalue weighted by Crippen LogP contribution is -2.32. The van der Waals surface area contributed by atoms with Crippen LogP contribution in [0.1, 0.15) is 32.1 Å². The highest BCUT2D eigenvalue weighted by atomic mass is 79.9. The van der Waals surface area contributed by atoms with Gasteiger partial charge < -0.3 is 10.1 Å². The van der Waals surface area contributed by atoms with E-state index in [-0.39, 0.29) is 24.4 Å². The molecule has 1 N–H and O–H groups in total. The Morgan fingerprint density at radius 1 is 1.17 bits per heavy atom. The first kappa shape index (κ1) is 18.3. The van der Waals surface area contributed by atoms with Gasteiger partial charge in [-0.05, 0) is 37.1 Å². The summed E-state index contributed by atoms with van der Waals surface area (Å²) in [6.07, 6.45) is 5.15. The molecule has 1 aliphatic rings. The van der Waals surface area contributed by atoms with Gasteiger partial charge in [0.05, 0.1) is 5.92 Å². The standard InChI is InChI=1S/C17H22BrNO3S/c18-14-6-8-15(9-7-14)23-11-10-19-16(20)12-22-17(21)13-4-2-1-3-5-13/h6-9,13H,1-5,10-12H2,(H,19,20). The van der Waals surface area contributed by atoms with Crippen LogP contribution in [0, 0.1) is 5.92 Å². The van der Waals surface area contributed by atoms with E-state index in [1.165, 1.54) is 6.42 Å². The van der Waals surface area contributed by atoms with Crippen molar-refractivity contribution >= 4 is 39.6 Å². The number of amides is 1. The largest absolute Gasteiger partial charge is 0.455 e. The summed E-state index contributed by atoms with van der Waals surface area (Å²) in [5.41, 5.74) is 0. The zero-order chi connectivity index (χ0) is 16.5. The average molecular weight is 400 g/mol. The third-order valence-corrected chi connectivity index (χ3v) is 5.33. The number of halogens is 1. The Kier molecular flexibility index (Phi) is 7.95. The molecule has 0 spiro atoms. The number of carbonyl (C=O) groups excluding carboxylic acids is 2. The van der Waals surface area contributed by atoms with E-state index >= 15 is 0 Å². The van der Waals surface area contributed by atoms with Crippen LogP contribution in [0.2, 0.25) is 0 Å². The van der Waals surface area contributed by atoms with Crippen LogP contribution in [0.4, 0.5) is 0 Å². The number of hydrogen-bond acceptors (Lipinski definition) is 4. The quantitative estimate of drug-likeness (QED) is 0.430. The Morgan fingerprint density at radius 2 is 1.87 bits per heavy atom. The van der Waals surface area contributed by atoms with E-state index in [0.717, 1.165) is 40.8 Å². The van der Waals surface area contributed by atoms with Crippen molar-refractivity contribution < 1.29 is 14.3 Å². The van der Waals surface area contributed by atoms with Gasteiger partial charge in [0.15, 0.2) is 6.61 Å². The lowest BCUT2D eigenvalue weighted by molar-refractivity contribution is -0.153. The van der Waals surface area contributed by atoms with E-state index in [0.29, 0.717) is 6.54 Å². The first-order valence-electron chi connectivity index (χ1n) is 7.97. The molecule has 0 aromatic heterocycles. The van der Waals surface area contributed by atoms with Gasteiger partial charge in [-0.1, -0.05) is 35.2 Å². The van der Waals surface area contributed by atoms with Crippen LogP contribution in [0.3, 0.4) is 0 Å². The topological polar surface area (TPSA) is 55.4 Å².